The third-order valence-electron chi connectivity index (χ3n) is 2.48. The topological polar surface area (TPSA) is 127 Å². The van der Waals surface area contributed by atoms with E-state index < -0.39 is 22.6 Å². The molecule has 0 saturated carbocycles. The van der Waals surface area contributed by atoms with Crippen molar-refractivity contribution in [2.24, 2.45) is 5.92 Å². The van der Waals surface area contributed by atoms with Gasteiger partial charge in [-0.2, -0.15) is 4.98 Å². The molecule has 0 radical (unpaired) electrons. The van der Waals surface area contributed by atoms with Crippen LogP contribution in [0.15, 0.2) is 6.33 Å². The number of hydrogen-bond donors (Lipinski definition) is 2. The zero-order valence-electron chi connectivity index (χ0n) is 11.4. The quantitative estimate of drug-likeness (QED) is 0.566. The summed E-state index contributed by atoms with van der Waals surface area (Å²) in [6, 6.07) is -0.978. The first kappa shape index (κ1) is 15.6. The molecule has 9 heteroatoms. The van der Waals surface area contributed by atoms with Gasteiger partial charge in [0.05, 0.1) is 12.0 Å². The number of hydrogen-bond acceptors (Lipinski definition) is 7. The van der Waals surface area contributed by atoms with Gasteiger partial charge in [0.1, 0.15) is 12.4 Å². The van der Waals surface area contributed by atoms with Crippen molar-refractivity contribution in [3.8, 4) is 5.88 Å². The first-order chi connectivity index (χ1) is 9.36. The average Bonchev–Trinajstić information content (AvgIpc) is 2.36. The number of methoxy groups -OCH3 is 1. The van der Waals surface area contributed by atoms with Crippen LogP contribution in [0.3, 0.4) is 0 Å². The van der Waals surface area contributed by atoms with Gasteiger partial charge >= 0.3 is 11.7 Å². The first-order valence-electron chi connectivity index (χ1n) is 5.89. The van der Waals surface area contributed by atoms with Crippen molar-refractivity contribution in [2.45, 2.75) is 26.3 Å². The molecule has 0 aliphatic heterocycles. The van der Waals surface area contributed by atoms with E-state index in [0.29, 0.717) is 6.42 Å². The van der Waals surface area contributed by atoms with Crippen LogP contribution in [0.5, 0.6) is 5.88 Å². The number of ether oxygens (including phenoxy) is 1. The van der Waals surface area contributed by atoms with Gasteiger partial charge in [0.15, 0.2) is 0 Å². The summed E-state index contributed by atoms with van der Waals surface area (Å²) in [5, 5.41) is 22.7. The summed E-state index contributed by atoms with van der Waals surface area (Å²) in [5.41, 5.74) is -0.481. The third-order valence-corrected chi connectivity index (χ3v) is 2.48. The summed E-state index contributed by atoms with van der Waals surface area (Å²) in [4.78, 5) is 28.8. The standard InChI is InChI=1S/C11H16N4O5/c1-6(2)4-7(11(16)17)14-9-8(15(18)19)10(20-3)13-5-12-9/h5-7H,4H2,1-3H3,(H,16,17)(H,12,13,14). The molecule has 1 atom stereocenters. The normalized spacial score (nSPS) is 12.0. The Morgan fingerprint density at radius 1 is 1.55 bits per heavy atom. The lowest BCUT2D eigenvalue weighted by Gasteiger charge is -2.17. The van der Waals surface area contributed by atoms with Gasteiger partial charge in [0.2, 0.25) is 5.82 Å². The Bertz CT molecular complexity index is 506. The van der Waals surface area contributed by atoms with E-state index in [2.05, 4.69) is 15.3 Å². The van der Waals surface area contributed by atoms with Gasteiger partial charge in [-0.15, -0.1) is 0 Å². The summed E-state index contributed by atoms with van der Waals surface area (Å²) in [6.45, 7) is 3.71. The Morgan fingerprint density at radius 3 is 2.65 bits per heavy atom. The highest BCUT2D eigenvalue weighted by Gasteiger charge is 2.28. The number of nitrogens with one attached hydrogen (secondary N) is 1. The van der Waals surface area contributed by atoms with E-state index in [1.807, 2.05) is 13.8 Å². The van der Waals surface area contributed by atoms with Gasteiger partial charge < -0.3 is 15.2 Å². The number of aliphatic carboxylic acids is 1. The second-order valence-electron chi connectivity index (χ2n) is 4.50. The molecule has 0 aliphatic carbocycles. The molecule has 0 amide bonds. The van der Waals surface area contributed by atoms with E-state index in [1.165, 1.54) is 7.11 Å². The van der Waals surface area contributed by atoms with Gasteiger partial charge in [0, 0.05) is 0 Å². The Balaban J connectivity index is 3.12. The number of nitro groups is 1. The Hall–Kier alpha value is -2.45. The number of carbonyl (C=O) groups is 1. The van der Waals surface area contributed by atoms with Crippen LogP contribution >= 0.6 is 0 Å². The maximum Gasteiger partial charge on any atom is 0.372 e. The van der Waals surface area contributed by atoms with Gasteiger partial charge in [-0.1, -0.05) is 13.8 Å². The van der Waals surface area contributed by atoms with Crippen LogP contribution in [-0.2, 0) is 4.79 Å². The monoisotopic (exact) mass is 284 g/mol. The van der Waals surface area contributed by atoms with E-state index in [0.717, 1.165) is 6.33 Å². The highest BCUT2D eigenvalue weighted by atomic mass is 16.6. The number of aromatic nitrogens is 2. The van der Waals surface area contributed by atoms with Gasteiger partial charge in [-0.25, -0.2) is 9.78 Å². The molecule has 2 N–H and O–H groups in total. The molecule has 0 saturated heterocycles. The first-order valence-corrected chi connectivity index (χ1v) is 5.89. The molecule has 0 aliphatic rings. The predicted molar refractivity (Wildman–Crippen MR) is 69.7 cm³/mol. The van der Waals surface area contributed by atoms with Crippen LogP contribution in [0.4, 0.5) is 11.5 Å². The maximum absolute atomic E-state index is 11.2. The second-order valence-corrected chi connectivity index (χ2v) is 4.50. The van der Waals surface area contributed by atoms with Gasteiger partial charge in [-0.3, -0.25) is 10.1 Å². The SMILES string of the molecule is COc1ncnc(NC(CC(C)C)C(=O)O)c1[N+](=O)[O-]. The average molecular weight is 284 g/mol. The summed E-state index contributed by atoms with van der Waals surface area (Å²) in [6.07, 6.45) is 1.38. The number of carboxylic acids is 1. The molecule has 0 bridgehead atoms. The minimum atomic E-state index is -1.11. The Kier molecular flexibility index (Phi) is 5.18. The van der Waals surface area contributed by atoms with Crippen LogP contribution < -0.4 is 10.1 Å². The largest absolute Gasteiger partial charge is 0.480 e. The van der Waals surface area contributed by atoms with Crippen molar-refractivity contribution in [1.82, 2.24) is 9.97 Å². The van der Waals surface area contributed by atoms with Crippen molar-refractivity contribution in [3.63, 3.8) is 0 Å². The van der Waals surface area contributed by atoms with Crippen molar-refractivity contribution < 1.29 is 19.6 Å². The molecule has 1 unspecified atom stereocenters. The lowest BCUT2D eigenvalue weighted by molar-refractivity contribution is -0.385. The number of carboxylic acid groups (broad SMARTS) is 1. The van der Waals surface area contributed by atoms with Crippen LogP contribution in [0, 0.1) is 16.0 Å². The number of nitrogens with zero attached hydrogens (tertiary/aromatic N) is 3. The number of anilines is 1. The maximum atomic E-state index is 11.2. The second kappa shape index (κ2) is 6.64. The molecule has 1 aromatic rings. The minimum absolute atomic E-state index is 0.103. The molecule has 1 rings (SSSR count). The molecule has 1 aromatic heterocycles. The van der Waals surface area contributed by atoms with E-state index in [4.69, 9.17) is 9.84 Å². The fourth-order valence-corrected chi connectivity index (χ4v) is 1.64. The van der Waals surface area contributed by atoms with Crippen LogP contribution in [0.1, 0.15) is 20.3 Å². The fourth-order valence-electron chi connectivity index (χ4n) is 1.64. The van der Waals surface area contributed by atoms with Crippen molar-refractivity contribution in [1.29, 1.82) is 0 Å². The van der Waals surface area contributed by atoms with E-state index in [1.54, 1.807) is 0 Å². The highest BCUT2D eigenvalue weighted by molar-refractivity contribution is 5.78. The molecule has 9 nitrogen and oxygen atoms in total. The molecule has 0 spiro atoms. The smallest absolute Gasteiger partial charge is 0.372 e. The van der Waals surface area contributed by atoms with E-state index in [9.17, 15) is 14.9 Å². The zero-order chi connectivity index (χ0) is 15.3. The molecule has 1 heterocycles. The van der Waals surface area contributed by atoms with Crippen molar-refractivity contribution in [2.75, 3.05) is 12.4 Å². The van der Waals surface area contributed by atoms with E-state index >= 15 is 0 Å². The van der Waals surface area contributed by atoms with Gasteiger partial charge in [-0.05, 0) is 12.3 Å². The van der Waals surface area contributed by atoms with Crippen LogP contribution in [0.25, 0.3) is 0 Å². The minimum Gasteiger partial charge on any atom is -0.480 e. The lowest BCUT2D eigenvalue weighted by Crippen LogP contribution is -2.31. The lowest BCUT2D eigenvalue weighted by atomic mass is 10.0. The van der Waals surface area contributed by atoms with Crippen LogP contribution in [-0.4, -0.2) is 39.1 Å². The Labute approximate surface area is 115 Å². The zero-order valence-corrected chi connectivity index (χ0v) is 11.4. The summed E-state index contributed by atoms with van der Waals surface area (Å²) < 4.78 is 4.79. The highest BCUT2D eigenvalue weighted by Crippen LogP contribution is 2.31. The molecule has 110 valence electrons. The Morgan fingerprint density at radius 2 is 2.20 bits per heavy atom. The predicted octanol–water partition coefficient (Wildman–Crippen LogP) is 1.30. The van der Waals surface area contributed by atoms with E-state index in [-0.39, 0.29) is 17.6 Å². The van der Waals surface area contributed by atoms with Gasteiger partial charge in [0.25, 0.3) is 5.88 Å². The van der Waals surface area contributed by atoms with Crippen molar-refractivity contribution >= 4 is 17.5 Å². The molecular weight excluding hydrogens is 268 g/mol. The molecule has 20 heavy (non-hydrogen) atoms. The van der Waals surface area contributed by atoms with Crippen molar-refractivity contribution in [3.05, 3.63) is 16.4 Å². The third kappa shape index (κ3) is 3.77. The van der Waals surface area contributed by atoms with Crippen LogP contribution in [0.2, 0.25) is 0 Å². The summed E-state index contributed by atoms with van der Waals surface area (Å²) in [5.74, 6) is -1.40. The molecule has 0 aromatic carbocycles. The molecular formula is C11H16N4O5. The fraction of sp³-hybridized carbons (Fsp3) is 0.545. The summed E-state index contributed by atoms with van der Waals surface area (Å²) >= 11 is 0. The molecule has 0 fully saturated rings. The number of rotatable bonds is 7. The summed E-state index contributed by atoms with van der Waals surface area (Å²) in [7, 11) is 1.24.